The van der Waals surface area contributed by atoms with Crippen molar-refractivity contribution in [1.82, 2.24) is 0 Å². The lowest BCUT2D eigenvalue weighted by atomic mass is 9.45. The fourth-order valence-corrected chi connectivity index (χ4v) is 6.24. The van der Waals surface area contributed by atoms with Gasteiger partial charge in [0.1, 0.15) is 5.75 Å². The summed E-state index contributed by atoms with van der Waals surface area (Å²) in [7, 11) is 0. The number of halogens is 3. The van der Waals surface area contributed by atoms with Crippen LogP contribution in [0.4, 0.5) is 13.2 Å². The third-order valence-electron chi connectivity index (χ3n) is 7.59. The summed E-state index contributed by atoms with van der Waals surface area (Å²) in [6.45, 7) is 2.30. The van der Waals surface area contributed by atoms with Gasteiger partial charge in [0.05, 0.1) is 0 Å². The second-order valence-electron chi connectivity index (χ2n) is 9.46. The number of benzene rings is 1. The molecule has 150 valence electrons. The lowest BCUT2D eigenvalue weighted by Gasteiger charge is -2.60. The first-order valence-corrected chi connectivity index (χ1v) is 10.7. The topological polar surface area (TPSA) is 9.23 Å². The molecule has 1 nitrogen and oxygen atoms in total. The fourth-order valence-electron chi connectivity index (χ4n) is 6.24. The molecule has 0 N–H and O–H groups in total. The molecule has 0 aromatic heterocycles. The van der Waals surface area contributed by atoms with Crippen LogP contribution in [0.25, 0.3) is 0 Å². The molecule has 0 aliphatic heterocycles. The Morgan fingerprint density at radius 1 is 0.926 bits per heavy atom. The van der Waals surface area contributed by atoms with E-state index in [9.17, 15) is 13.2 Å². The molecule has 1 spiro atoms. The lowest BCUT2D eigenvalue weighted by Crippen LogP contribution is -2.49. The highest BCUT2D eigenvalue weighted by atomic mass is 19.4. The summed E-state index contributed by atoms with van der Waals surface area (Å²) in [4.78, 5) is 0. The van der Waals surface area contributed by atoms with Gasteiger partial charge in [0, 0.05) is 0 Å². The largest absolute Gasteiger partial charge is 0.573 e. The van der Waals surface area contributed by atoms with Gasteiger partial charge in [0.2, 0.25) is 0 Å². The number of rotatable bonds is 5. The molecule has 0 unspecified atom stereocenters. The minimum Gasteiger partial charge on any atom is -0.406 e. The average Bonchev–Trinajstić information content (AvgIpc) is 2.54. The van der Waals surface area contributed by atoms with Crippen LogP contribution in [0.1, 0.15) is 82.6 Å². The molecule has 3 saturated carbocycles. The van der Waals surface area contributed by atoms with E-state index in [4.69, 9.17) is 0 Å². The van der Waals surface area contributed by atoms with E-state index in [1.807, 2.05) is 12.1 Å². The van der Waals surface area contributed by atoms with E-state index in [1.165, 1.54) is 81.9 Å². The Bertz CT molecular complexity index is 614. The van der Waals surface area contributed by atoms with Gasteiger partial charge < -0.3 is 4.74 Å². The lowest BCUT2D eigenvalue weighted by molar-refractivity contribution is -0.274. The summed E-state index contributed by atoms with van der Waals surface area (Å²) >= 11 is 0. The van der Waals surface area contributed by atoms with Crippen LogP contribution in [0.15, 0.2) is 24.3 Å². The van der Waals surface area contributed by atoms with E-state index in [0.717, 1.165) is 17.8 Å². The van der Waals surface area contributed by atoms with Crippen molar-refractivity contribution in [2.24, 2.45) is 23.2 Å². The van der Waals surface area contributed by atoms with Crippen LogP contribution in [-0.2, 0) is 0 Å². The van der Waals surface area contributed by atoms with Crippen molar-refractivity contribution in [2.45, 2.75) is 83.4 Å². The van der Waals surface area contributed by atoms with Crippen molar-refractivity contribution in [1.29, 1.82) is 0 Å². The monoisotopic (exact) mass is 380 g/mol. The second-order valence-corrected chi connectivity index (χ2v) is 9.46. The van der Waals surface area contributed by atoms with Gasteiger partial charge in [0.15, 0.2) is 0 Å². The van der Waals surface area contributed by atoms with Gasteiger partial charge in [-0.1, -0.05) is 44.7 Å². The zero-order valence-corrected chi connectivity index (χ0v) is 16.2. The smallest absolute Gasteiger partial charge is 0.406 e. The number of ether oxygens (including phenoxy) is 1. The maximum absolute atomic E-state index is 12.3. The summed E-state index contributed by atoms with van der Waals surface area (Å²) in [5.41, 5.74) is 1.72. The van der Waals surface area contributed by atoms with Gasteiger partial charge in [-0.15, -0.1) is 13.2 Å². The standard InChI is InChI=1S/C23H31F3O/c1-2-3-16-4-6-17(7-5-16)19-12-22(13-19)14-20(15-22)18-8-10-21(11-9-18)27-23(24,25)26/h8-11,16-17,19-20H,2-7,12-15H2,1H3/t16-,17-,19?,20?,22?. The molecule has 3 aliphatic carbocycles. The predicted molar refractivity (Wildman–Crippen MR) is 101 cm³/mol. The molecule has 0 bridgehead atoms. The Labute approximate surface area is 160 Å². The summed E-state index contributed by atoms with van der Waals surface area (Å²) in [5, 5.41) is 0. The first-order valence-electron chi connectivity index (χ1n) is 10.7. The Balaban J connectivity index is 1.22. The summed E-state index contributed by atoms with van der Waals surface area (Å²) in [6, 6.07) is 6.52. The van der Waals surface area contributed by atoms with Crippen LogP contribution in [0, 0.1) is 23.2 Å². The SMILES string of the molecule is CCC[C@H]1CC[C@H](C2CC3(CC(c4ccc(OC(F)(F)F)cc4)C3)C2)CC1. The van der Waals surface area contributed by atoms with E-state index in [0.29, 0.717) is 11.3 Å². The molecular formula is C23H31F3O. The summed E-state index contributed by atoms with van der Waals surface area (Å²) in [6.07, 6.45) is 9.10. The normalized spacial score (nSPS) is 36.1. The molecule has 0 amide bonds. The molecule has 0 heterocycles. The van der Waals surface area contributed by atoms with Crippen molar-refractivity contribution >= 4 is 0 Å². The Hall–Kier alpha value is -1.19. The summed E-state index contributed by atoms with van der Waals surface area (Å²) in [5.74, 6) is 3.28. The molecule has 3 aliphatic rings. The molecule has 0 atom stereocenters. The van der Waals surface area contributed by atoms with Crippen molar-refractivity contribution in [3.05, 3.63) is 29.8 Å². The van der Waals surface area contributed by atoms with Gasteiger partial charge in [-0.25, -0.2) is 0 Å². The Morgan fingerprint density at radius 3 is 2.11 bits per heavy atom. The van der Waals surface area contributed by atoms with E-state index in [1.54, 1.807) is 0 Å². The van der Waals surface area contributed by atoms with Crippen LogP contribution in [0.2, 0.25) is 0 Å². The molecule has 0 saturated heterocycles. The first kappa shape index (κ1) is 19.1. The van der Waals surface area contributed by atoms with E-state index < -0.39 is 6.36 Å². The maximum atomic E-state index is 12.3. The number of hydrogen-bond donors (Lipinski definition) is 0. The Kier molecular flexibility index (Phi) is 5.20. The number of alkyl halides is 3. The van der Waals surface area contributed by atoms with Gasteiger partial charge in [-0.05, 0) is 85.3 Å². The van der Waals surface area contributed by atoms with E-state index in [-0.39, 0.29) is 5.75 Å². The highest BCUT2D eigenvalue weighted by Gasteiger charge is 2.54. The molecule has 0 radical (unpaired) electrons. The van der Waals surface area contributed by atoms with Gasteiger partial charge >= 0.3 is 6.36 Å². The summed E-state index contributed by atoms with van der Waals surface area (Å²) < 4.78 is 40.7. The zero-order valence-electron chi connectivity index (χ0n) is 16.2. The van der Waals surface area contributed by atoms with Crippen LogP contribution in [0.5, 0.6) is 5.75 Å². The van der Waals surface area contributed by atoms with Gasteiger partial charge in [0.25, 0.3) is 0 Å². The third-order valence-corrected chi connectivity index (χ3v) is 7.59. The number of hydrogen-bond acceptors (Lipinski definition) is 1. The molecule has 27 heavy (non-hydrogen) atoms. The highest BCUT2D eigenvalue weighted by molar-refractivity contribution is 5.32. The molecule has 4 rings (SSSR count). The first-order chi connectivity index (χ1) is 12.9. The highest BCUT2D eigenvalue weighted by Crippen LogP contribution is 2.66. The van der Waals surface area contributed by atoms with Gasteiger partial charge in [-0.2, -0.15) is 0 Å². The average molecular weight is 380 g/mol. The van der Waals surface area contributed by atoms with Crippen molar-refractivity contribution in [3.63, 3.8) is 0 Å². The molecular weight excluding hydrogens is 349 g/mol. The molecule has 3 fully saturated rings. The van der Waals surface area contributed by atoms with Crippen LogP contribution in [-0.4, -0.2) is 6.36 Å². The third kappa shape index (κ3) is 4.30. The molecule has 4 heteroatoms. The zero-order chi connectivity index (χ0) is 19.1. The minimum atomic E-state index is -4.61. The maximum Gasteiger partial charge on any atom is 0.573 e. The van der Waals surface area contributed by atoms with Crippen molar-refractivity contribution in [2.75, 3.05) is 0 Å². The quantitative estimate of drug-likeness (QED) is 0.515. The Morgan fingerprint density at radius 2 is 1.56 bits per heavy atom. The molecule has 1 aromatic rings. The second kappa shape index (κ2) is 7.33. The van der Waals surface area contributed by atoms with Gasteiger partial charge in [-0.3, -0.25) is 0 Å². The van der Waals surface area contributed by atoms with E-state index >= 15 is 0 Å². The predicted octanol–water partition coefficient (Wildman–Crippen LogP) is 7.47. The molecule has 1 aromatic carbocycles. The fraction of sp³-hybridized carbons (Fsp3) is 0.739. The van der Waals surface area contributed by atoms with Crippen molar-refractivity contribution in [3.8, 4) is 5.75 Å². The van der Waals surface area contributed by atoms with Crippen LogP contribution in [0.3, 0.4) is 0 Å². The van der Waals surface area contributed by atoms with Crippen LogP contribution < -0.4 is 4.74 Å². The van der Waals surface area contributed by atoms with Crippen molar-refractivity contribution < 1.29 is 17.9 Å². The van der Waals surface area contributed by atoms with Crippen LogP contribution >= 0.6 is 0 Å². The van der Waals surface area contributed by atoms with E-state index in [2.05, 4.69) is 11.7 Å². The minimum absolute atomic E-state index is 0.123.